The van der Waals surface area contributed by atoms with E-state index in [-0.39, 0.29) is 11.9 Å². The van der Waals surface area contributed by atoms with Crippen LogP contribution in [0.5, 0.6) is 11.5 Å². The van der Waals surface area contributed by atoms with Gasteiger partial charge in [0.25, 0.3) is 0 Å². The predicted octanol–water partition coefficient (Wildman–Crippen LogP) is 4.60. The average molecular weight is 443 g/mol. The van der Waals surface area contributed by atoms with Gasteiger partial charge in [0.2, 0.25) is 5.91 Å². The molecule has 1 saturated heterocycles. The number of carbonyl (C=O) groups is 1. The maximum absolute atomic E-state index is 15.2. The molecular formula is C25H22FN5O2. The van der Waals surface area contributed by atoms with Crippen LogP contribution in [0.15, 0.2) is 73.7 Å². The highest BCUT2D eigenvalue weighted by Crippen LogP contribution is 2.32. The predicted molar refractivity (Wildman–Crippen MR) is 122 cm³/mol. The molecule has 0 aliphatic carbocycles. The van der Waals surface area contributed by atoms with Crippen molar-refractivity contribution >= 4 is 16.9 Å². The molecule has 2 aromatic carbocycles. The van der Waals surface area contributed by atoms with E-state index in [9.17, 15) is 4.79 Å². The maximum atomic E-state index is 15.2. The van der Waals surface area contributed by atoms with E-state index in [0.717, 1.165) is 12.8 Å². The van der Waals surface area contributed by atoms with Gasteiger partial charge in [-0.15, -0.1) is 0 Å². The Kier molecular flexibility index (Phi) is 5.56. The van der Waals surface area contributed by atoms with Crippen molar-refractivity contribution in [3.63, 3.8) is 0 Å². The van der Waals surface area contributed by atoms with Gasteiger partial charge in [-0.25, -0.2) is 19.0 Å². The van der Waals surface area contributed by atoms with Gasteiger partial charge in [-0.3, -0.25) is 4.79 Å². The number of fused-ring (bicyclic) bond motifs is 1. The van der Waals surface area contributed by atoms with Crippen LogP contribution in [0.2, 0.25) is 0 Å². The second-order valence-electron chi connectivity index (χ2n) is 7.88. The van der Waals surface area contributed by atoms with Gasteiger partial charge in [-0.1, -0.05) is 24.8 Å². The minimum atomic E-state index is -0.455. The number of hydrogen-bond donors (Lipinski definition) is 0. The Labute approximate surface area is 190 Å². The van der Waals surface area contributed by atoms with Gasteiger partial charge in [-0.05, 0) is 43.2 Å². The van der Waals surface area contributed by atoms with Crippen LogP contribution in [0.1, 0.15) is 12.8 Å². The zero-order valence-corrected chi connectivity index (χ0v) is 17.9. The molecule has 3 heterocycles. The number of aromatic nitrogens is 4. The van der Waals surface area contributed by atoms with Crippen LogP contribution in [0.4, 0.5) is 4.39 Å². The molecule has 4 aromatic rings. The summed E-state index contributed by atoms with van der Waals surface area (Å²) in [4.78, 5) is 22.5. The summed E-state index contributed by atoms with van der Waals surface area (Å²) in [6.45, 7) is 4.75. The maximum Gasteiger partial charge on any atom is 0.246 e. The molecule has 2 aromatic heterocycles. The number of para-hydroxylation sites is 1. The number of amides is 1. The van der Waals surface area contributed by atoms with Crippen molar-refractivity contribution in [2.45, 2.75) is 25.4 Å². The summed E-state index contributed by atoms with van der Waals surface area (Å²) in [5.74, 6) is 0.474. The molecule has 1 aliphatic rings. The first-order valence-corrected chi connectivity index (χ1v) is 10.8. The summed E-state index contributed by atoms with van der Waals surface area (Å²) in [6, 6.07) is 13.9. The van der Waals surface area contributed by atoms with Crippen molar-refractivity contribution in [1.29, 1.82) is 0 Å². The normalized spacial score (nSPS) is 15.7. The number of nitrogens with zero attached hydrogens (tertiary/aromatic N) is 5. The van der Waals surface area contributed by atoms with Gasteiger partial charge in [0.1, 0.15) is 29.3 Å². The van der Waals surface area contributed by atoms with E-state index >= 15 is 4.39 Å². The highest BCUT2D eigenvalue weighted by molar-refractivity contribution is 5.91. The minimum Gasteiger partial charge on any atom is -0.457 e. The smallest absolute Gasteiger partial charge is 0.246 e. The zero-order chi connectivity index (χ0) is 22.8. The molecule has 1 amide bonds. The fourth-order valence-electron chi connectivity index (χ4n) is 4.25. The Morgan fingerprint density at radius 1 is 1.21 bits per heavy atom. The van der Waals surface area contributed by atoms with Crippen molar-refractivity contribution in [3.8, 4) is 22.8 Å². The van der Waals surface area contributed by atoms with E-state index in [1.54, 1.807) is 27.9 Å². The van der Waals surface area contributed by atoms with E-state index in [1.807, 2.05) is 30.3 Å². The summed E-state index contributed by atoms with van der Waals surface area (Å²) >= 11 is 0. The van der Waals surface area contributed by atoms with Gasteiger partial charge in [0.15, 0.2) is 5.65 Å². The third-order valence-electron chi connectivity index (χ3n) is 5.80. The SMILES string of the molecule is C=CC(=O)N1CCC[C@H]1Cn1nc(-c2ccc(Oc3ccccc3)cc2F)c2cncnc21. The lowest BCUT2D eigenvalue weighted by Crippen LogP contribution is -2.37. The number of ether oxygens (including phenoxy) is 1. The number of rotatable bonds is 6. The average Bonchev–Trinajstić information content (AvgIpc) is 3.45. The highest BCUT2D eigenvalue weighted by Gasteiger charge is 2.29. The molecular weight excluding hydrogens is 421 g/mol. The van der Waals surface area contributed by atoms with Crippen LogP contribution in [-0.2, 0) is 11.3 Å². The second kappa shape index (κ2) is 8.82. The molecule has 33 heavy (non-hydrogen) atoms. The molecule has 1 fully saturated rings. The van der Waals surface area contributed by atoms with Gasteiger partial charge in [0.05, 0.1) is 18.0 Å². The molecule has 1 aliphatic heterocycles. The molecule has 8 heteroatoms. The number of carbonyl (C=O) groups excluding carboxylic acids is 1. The lowest BCUT2D eigenvalue weighted by Gasteiger charge is -2.23. The van der Waals surface area contributed by atoms with Crippen LogP contribution in [0.25, 0.3) is 22.3 Å². The molecule has 0 bridgehead atoms. The molecule has 0 spiro atoms. The van der Waals surface area contributed by atoms with Crippen LogP contribution < -0.4 is 4.74 Å². The lowest BCUT2D eigenvalue weighted by atomic mass is 10.1. The van der Waals surface area contributed by atoms with E-state index in [1.165, 1.54) is 18.5 Å². The summed E-state index contributed by atoms with van der Waals surface area (Å²) < 4.78 is 22.6. The molecule has 7 nitrogen and oxygen atoms in total. The fourth-order valence-corrected chi connectivity index (χ4v) is 4.25. The monoisotopic (exact) mass is 443 g/mol. The Hall–Kier alpha value is -4.07. The summed E-state index contributed by atoms with van der Waals surface area (Å²) in [5, 5.41) is 5.33. The number of benzene rings is 2. The Morgan fingerprint density at radius 2 is 2.06 bits per heavy atom. The first kappa shape index (κ1) is 20.8. The molecule has 1 atom stereocenters. The quantitative estimate of drug-likeness (QED) is 0.407. The highest BCUT2D eigenvalue weighted by atomic mass is 19.1. The third kappa shape index (κ3) is 4.07. The Bertz CT molecular complexity index is 1320. The van der Waals surface area contributed by atoms with E-state index in [2.05, 4.69) is 21.6 Å². The second-order valence-corrected chi connectivity index (χ2v) is 7.88. The van der Waals surface area contributed by atoms with Crippen LogP contribution >= 0.6 is 0 Å². The number of halogens is 1. The van der Waals surface area contributed by atoms with Crippen molar-refractivity contribution < 1.29 is 13.9 Å². The van der Waals surface area contributed by atoms with Crippen molar-refractivity contribution in [2.75, 3.05) is 6.54 Å². The Balaban J connectivity index is 1.48. The molecule has 0 unspecified atom stereocenters. The first-order chi connectivity index (χ1) is 16.1. The van der Waals surface area contributed by atoms with Crippen molar-refractivity contribution in [2.24, 2.45) is 0 Å². The Morgan fingerprint density at radius 3 is 2.85 bits per heavy atom. The van der Waals surface area contributed by atoms with Gasteiger partial charge in [-0.2, -0.15) is 5.10 Å². The van der Waals surface area contributed by atoms with E-state index in [0.29, 0.717) is 46.9 Å². The molecule has 0 saturated carbocycles. The van der Waals surface area contributed by atoms with Gasteiger partial charge < -0.3 is 9.64 Å². The zero-order valence-electron chi connectivity index (χ0n) is 17.9. The summed E-state index contributed by atoms with van der Waals surface area (Å²) in [6.07, 6.45) is 6.20. The standard InChI is InChI=1S/C25H22FN5O2/c1-2-23(32)30-12-6-7-17(30)15-31-25-21(14-27-16-28-25)24(29-31)20-11-10-19(13-22(20)26)33-18-8-4-3-5-9-18/h2-5,8-11,13-14,16-17H,1,6-7,12,15H2/t17-/m0/s1. The largest absolute Gasteiger partial charge is 0.457 e. The molecule has 166 valence electrons. The van der Waals surface area contributed by atoms with Crippen molar-refractivity contribution in [1.82, 2.24) is 24.6 Å². The van der Waals surface area contributed by atoms with E-state index < -0.39 is 5.82 Å². The molecule has 0 N–H and O–H groups in total. The third-order valence-corrected chi connectivity index (χ3v) is 5.80. The van der Waals surface area contributed by atoms with Crippen LogP contribution in [0.3, 0.4) is 0 Å². The topological polar surface area (TPSA) is 73.1 Å². The number of hydrogen-bond acceptors (Lipinski definition) is 5. The lowest BCUT2D eigenvalue weighted by molar-refractivity contribution is -0.127. The van der Waals surface area contributed by atoms with Crippen LogP contribution in [-0.4, -0.2) is 43.1 Å². The first-order valence-electron chi connectivity index (χ1n) is 10.8. The van der Waals surface area contributed by atoms with Crippen LogP contribution in [0, 0.1) is 5.82 Å². The number of likely N-dealkylation sites (tertiary alicyclic amines) is 1. The summed E-state index contributed by atoms with van der Waals surface area (Å²) in [5.41, 5.74) is 1.38. The summed E-state index contributed by atoms with van der Waals surface area (Å²) in [7, 11) is 0. The molecule has 0 radical (unpaired) electrons. The molecule has 5 rings (SSSR count). The minimum absolute atomic E-state index is 0.0205. The van der Waals surface area contributed by atoms with Crippen molar-refractivity contribution in [3.05, 3.63) is 79.5 Å². The van der Waals surface area contributed by atoms with E-state index in [4.69, 9.17) is 4.74 Å². The fraction of sp³-hybridized carbons (Fsp3) is 0.200. The van der Waals surface area contributed by atoms with Gasteiger partial charge in [0, 0.05) is 24.4 Å². The van der Waals surface area contributed by atoms with Gasteiger partial charge >= 0.3 is 0 Å².